The van der Waals surface area contributed by atoms with Gasteiger partial charge in [-0.15, -0.1) is 24.0 Å². The summed E-state index contributed by atoms with van der Waals surface area (Å²) in [5.41, 5.74) is 1.26. The summed E-state index contributed by atoms with van der Waals surface area (Å²) in [6, 6.07) is 10.3. The molecule has 0 fully saturated rings. The van der Waals surface area contributed by atoms with Gasteiger partial charge in [0.1, 0.15) is 0 Å². The van der Waals surface area contributed by atoms with Crippen LogP contribution in [0.2, 0.25) is 0 Å². The van der Waals surface area contributed by atoms with Crippen molar-refractivity contribution in [3.8, 4) is 0 Å². The monoisotopic (exact) mass is 333 g/mol. The minimum absolute atomic E-state index is 0. The molecule has 0 aliphatic rings. The number of guanidine groups is 1. The first-order valence-corrected chi connectivity index (χ1v) is 5.35. The molecule has 0 bridgehead atoms. The zero-order valence-electron chi connectivity index (χ0n) is 9.86. The summed E-state index contributed by atoms with van der Waals surface area (Å²) >= 11 is 0. The Hall–Kier alpha value is -0.780. The van der Waals surface area contributed by atoms with E-state index >= 15 is 0 Å². The molecule has 90 valence electrons. The molecule has 0 unspecified atom stereocenters. The molecule has 0 saturated heterocycles. The van der Waals surface area contributed by atoms with Crippen molar-refractivity contribution in [1.82, 2.24) is 10.6 Å². The van der Waals surface area contributed by atoms with E-state index in [4.69, 9.17) is 0 Å². The second kappa shape index (κ2) is 9.45. The van der Waals surface area contributed by atoms with Crippen molar-refractivity contribution in [2.24, 2.45) is 4.99 Å². The second-order valence-electron chi connectivity index (χ2n) is 3.34. The lowest BCUT2D eigenvalue weighted by atomic mass is 10.2. The number of nitrogens with one attached hydrogen (secondary N) is 2. The van der Waals surface area contributed by atoms with Gasteiger partial charge in [0, 0.05) is 20.1 Å². The fourth-order valence-corrected chi connectivity index (χ4v) is 1.25. The number of hydrogen-bond acceptors (Lipinski definition) is 1. The highest BCUT2D eigenvalue weighted by molar-refractivity contribution is 14.0. The third-order valence-corrected chi connectivity index (χ3v) is 2.07. The van der Waals surface area contributed by atoms with Crippen LogP contribution in [-0.2, 0) is 6.54 Å². The number of nitrogens with zero attached hydrogens (tertiary/aromatic N) is 1. The molecule has 0 amide bonds. The molecule has 3 nitrogen and oxygen atoms in total. The van der Waals surface area contributed by atoms with Gasteiger partial charge in [-0.3, -0.25) is 4.99 Å². The van der Waals surface area contributed by atoms with Crippen LogP contribution in [-0.4, -0.2) is 19.6 Å². The molecule has 4 heteroatoms. The van der Waals surface area contributed by atoms with E-state index in [-0.39, 0.29) is 24.0 Å². The van der Waals surface area contributed by atoms with E-state index in [9.17, 15) is 0 Å². The summed E-state index contributed by atoms with van der Waals surface area (Å²) in [5.74, 6) is 0.862. The standard InChI is InChI=1S/C12H19N3.HI/c1-3-9-14-12(13-2)15-10-11-7-5-4-6-8-11;/h4-8H,3,9-10H2,1-2H3,(H2,13,14,15);1H. The van der Waals surface area contributed by atoms with Gasteiger partial charge in [0.15, 0.2) is 5.96 Å². The minimum atomic E-state index is 0. The van der Waals surface area contributed by atoms with Crippen LogP contribution in [0.3, 0.4) is 0 Å². The first-order valence-electron chi connectivity index (χ1n) is 5.35. The van der Waals surface area contributed by atoms with Gasteiger partial charge in [-0.25, -0.2) is 0 Å². The van der Waals surface area contributed by atoms with E-state index in [1.807, 2.05) is 18.2 Å². The topological polar surface area (TPSA) is 36.4 Å². The maximum Gasteiger partial charge on any atom is 0.191 e. The van der Waals surface area contributed by atoms with Gasteiger partial charge in [-0.05, 0) is 12.0 Å². The average Bonchev–Trinajstić information content (AvgIpc) is 2.31. The molecular formula is C12H20IN3. The molecule has 2 N–H and O–H groups in total. The highest BCUT2D eigenvalue weighted by atomic mass is 127. The predicted molar refractivity (Wildman–Crippen MR) is 80.3 cm³/mol. The molecule has 0 atom stereocenters. The van der Waals surface area contributed by atoms with E-state index < -0.39 is 0 Å². The Morgan fingerprint density at radius 3 is 2.44 bits per heavy atom. The second-order valence-corrected chi connectivity index (χ2v) is 3.34. The van der Waals surface area contributed by atoms with E-state index in [1.165, 1.54) is 5.56 Å². The van der Waals surface area contributed by atoms with Crippen LogP contribution in [0.1, 0.15) is 18.9 Å². The van der Waals surface area contributed by atoms with Crippen molar-refractivity contribution < 1.29 is 0 Å². The Balaban J connectivity index is 0.00000225. The maximum atomic E-state index is 4.14. The maximum absolute atomic E-state index is 4.14. The van der Waals surface area contributed by atoms with Crippen molar-refractivity contribution in [1.29, 1.82) is 0 Å². The summed E-state index contributed by atoms with van der Waals surface area (Å²) in [6.07, 6.45) is 1.10. The molecule has 0 aliphatic carbocycles. The van der Waals surface area contributed by atoms with E-state index in [2.05, 4.69) is 34.7 Å². The highest BCUT2D eigenvalue weighted by Gasteiger charge is 1.95. The van der Waals surface area contributed by atoms with Crippen molar-refractivity contribution in [2.45, 2.75) is 19.9 Å². The molecule has 0 aliphatic heterocycles. The van der Waals surface area contributed by atoms with E-state index in [0.29, 0.717) is 0 Å². The number of benzene rings is 1. The van der Waals surface area contributed by atoms with Crippen LogP contribution in [0.15, 0.2) is 35.3 Å². The molecular weight excluding hydrogens is 313 g/mol. The number of halogens is 1. The minimum Gasteiger partial charge on any atom is -0.356 e. The van der Waals surface area contributed by atoms with Crippen molar-refractivity contribution in [3.63, 3.8) is 0 Å². The zero-order chi connectivity index (χ0) is 10.9. The van der Waals surface area contributed by atoms with Crippen LogP contribution < -0.4 is 10.6 Å². The lowest BCUT2D eigenvalue weighted by Crippen LogP contribution is -2.37. The first kappa shape index (κ1) is 15.2. The van der Waals surface area contributed by atoms with Gasteiger partial charge in [0.05, 0.1) is 0 Å². The molecule has 0 saturated carbocycles. The van der Waals surface area contributed by atoms with Crippen LogP contribution in [0.25, 0.3) is 0 Å². The lowest BCUT2D eigenvalue weighted by molar-refractivity contribution is 0.781. The third-order valence-electron chi connectivity index (χ3n) is 2.07. The number of hydrogen-bond donors (Lipinski definition) is 2. The van der Waals surface area contributed by atoms with Gasteiger partial charge in [0.25, 0.3) is 0 Å². The van der Waals surface area contributed by atoms with Crippen LogP contribution in [0.5, 0.6) is 0 Å². The van der Waals surface area contributed by atoms with Gasteiger partial charge in [-0.2, -0.15) is 0 Å². The zero-order valence-corrected chi connectivity index (χ0v) is 12.2. The highest BCUT2D eigenvalue weighted by Crippen LogP contribution is 1.96. The van der Waals surface area contributed by atoms with Gasteiger partial charge in [-0.1, -0.05) is 37.3 Å². The lowest BCUT2D eigenvalue weighted by Gasteiger charge is -2.10. The number of aliphatic imine (C=N–C) groups is 1. The van der Waals surface area contributed by atoms with Crippen LogP contribution >= 0.6 is 24.0 Å². The Morgan fingerprint density at radius 1 is 1.19 bits per heavy atom. The Labute approximate surface area is 115 Å². The quantitative estimate of drug-likeness (QED) is 0.504. The van der Waals surface area contributed by atoms with Crippen molar-refractivity contribution in [2.75, 3.05) is 13.6 Å². The predicted octanol–water partition coefficient (Wildman–Crippen LogP) is 2.38. The molecule has 0 heterocycles. The summed E-state index contributed by atoms with van der Waals surface area (Å²) < 4.78 is 0. The van der Waals surface area contributed by atoms with E-state index in [1.54, 1.807) is 7.05 Å². The normalized spacial score (nSPS) is 10.5. The largest absolute Gasteiger partial charge is 0.356 e. The third kappa shape index (κ3) is 5.95. The molecule has 1 rings (SSSR count). The van der Waals surface area contributed by atoms with Crippen LogP contribution in [0, 0.1) is 0 Å². The first-order chi connectivity index (χ1) is 7.36. The fraction of sp³-hybridized carbons (Fsp3) is 0.417. The Kier molecular flexibility index (Phi) is 8.99. The Bertz CT molecular complexity index is 298. The van der Waals surface area contributed by atoms with Gasteiger partial charge < -0.3 is 10.6 Å². The summed E-state index contributed by atoms with van der Waals surface area (Å²) in [5, 5.41) is 6.49. The summed E-state index contributed by atoms with van der Waals surface area (Å²) in [4.78, 5) is 4.14. The average molecular weight is 333 g/mol. The summed E-state index contributed by atoms with van der Waals surface area (Å²) in [6.45, 7) is 3.90. The van der Waals surface area contributed by atoms with Crippen LogP contribution in [0.4, 0.5) is 0 Å². The van der Waals surface area contributed by atoms with Gasteiger partial charge in [0.2, 0.25) is 0 Å². The smallest absolute Gasteiger partial charge is 0.191 e. The fourth-order valence-electron chi connectivity index (χ4n) is 1.25. The van der Waals surface area contributed by atoms with E-state index in [0.717, 1.165) is 25.5 Å². The molecule has 1 aromatic rings. The van der Waals surface area contributed by atoms with Crippen molar-refractivity contribution >= 4 is 29.9 Å². The van der Waals surface area contributed by atoms with Gasteiger partial charge >= 0.3 is 0 Å². The SMILES string of the molecule is CCCNC(=NC)NCc1ccccc1.I. The molecule has 0 radical (unpaired) electrons. The summed E-state index contributed by atoms with van der Waals surface area (Å²) in [7, 11) is 1.79. The molecule has 16 heavy (non-hydrogen) atoms. The van der Waals surface area contributed by atoms with Crippen molar-refractivity contribution in [3.05, 3.63) is 35.9 Å². The number of rotatable bonds is 4. The Morgan fingerprint density at radius 2 is 1.88 bits per heavy atom. The molecule has 0 spiro atoms. The molecule has 1 aromatic carbocycles. The molecule has 0 aromatic heterocycles.